The van der Waals surface area contributed by atoms with Crippen LogP contribution >= 0.6 is 0 Å². The van der Waals surface area contributed by atoms with Gasteiger partial charge in [-0.25, -0.2) is 0 Å². The number of rotatable bonds is 1. The van der Waals surface area contributed by atoms with Crippen molar-refractivity contribution in [1.82, 2.24) is 10.2 Å². The molecule has 0 spiro atoms. The van der Waals surface area contributed by atoms with Crippen LogP contribution in [0.4, 0.5) is 0 Å². The minimum Gasteiger partial charge on any atom is -0.335 e. The molecule has 1 fully saturated rings. The molecule has 1 saturated heterocycles. The topological polar surface area (TPSA) is 27.6 Å². The predicted octanol–water partition coefficient (Wildman–Crippen LogP) is 0.0634. The van der Waals surface area contributed by atoms with Crippen LogP contribution in [0.1, 0.15) is 0 Å². The number of hydrogen-bond donors (Lipinski definition) is 1. The minimum atomic E-state index is 0.864. The molecule has 0 saturated carbocycles. The highest BCUT2D eigenvalue weighted by Crippen LogP contribution is 1.95. The molecule has 56 valence electrons. The minimum absolute atomic E-state index is 0.864. The molecule has 1 heterocycles. The van der Waals surface area contributed by atoms with E-state index in [2.05, 4.69) is 21.8 Å². The number of piperazine rings is 1. The van der Waals surface area contributed by atoms with Crippen molar-refractivity contribution in [3.05, 3.63) is 12.8 Å². The quantitative estimate of drug-likeness (QED) is 0.556. The van der Waals surface area contributed by atoms with E-state index in [9.17, 15) is 0 Å². The summed E-state index contributed by atoms with van der Waals surface area (Å²) < 4.78 is 0. The second-order valence-electron chi connectivity index (χ2n) is 2.19. The standard InChI is InChI=1S/C7H13N3/c1-3-10-5-4-9-6-7(10)8-2/h3,9H,1,4-6H2,2H3. The first-order valence-electron chi connectivity index (χ1n) is 3.44. The van der Waals surface area contributed by atoms with E-state index in [0.717, 1.165) is 25.5 Å². The summed E-state index contributed by atoms with van der Waals surface area (Å²) in [5, 5.41) is 3.23. The van der Waals surface area contributed by atoms with E-state index in [1.54, 1.807) is 7.05 Å². The maximum Gasteiger partial charge on any atom is 0.117 e. The molecule has 1 aliphatic rings. The van der Waals surface area contributed by atoms with E-state index in [0.29, 0.717) is 0 Å². The third-order valence-electron chi connectivity index (χ3n) is 1.62. The highest BCUT2D eigenvalue weighted by atomic mass is 15.2. The van der Waals surface area contributed by atoms with Gasteiger partial charge in [-0.1, -0.05) is 6.58 Å². The Balaban J connectivity index is 2.59. The molecule has 1 rings (SSSR count). The highest BCUT2D eigenvalue weighted by Gasteiger charge is 2.10. The Hall–Kier alpha value is -0.830. The van der Waals surface area contributed by atoms with Crippen molar-refractivity contribution in [2.24, 2.45) is 4.99 Å². The van der Waals surface area contributed by atoms with Crippen molar-refractivity contribution >= 4 is 5.84 Å². The fourth-order valence-electron chi connectivity index (χ4n) is 1.03. The van der Waals surface area contributed by atoms with Crippen molar-refractivity contribution in [3.63, 3.8) is 0 Å². The number of aliphatic imine (C=N–C) groups is 1. The SMILES string of the molecule is C=CN1CCNCC1=NC. The summed E-state index contributed by atoms with van der Waals surface area (Å²) in [6.07, 6.45) is 1.82. The van der Waals surface area contributed by atoms with Crippen molar-refractivity contribution in [2.75, 3.05) is 26.7 Å². The smallest absolute Gasteiger partial charge is 0.117 e. The maximum absolute atomic E-state index is 4.11. The van der Waals surface area contributed by atoms with Gasteiger partial charge in [0.25, 0.3) is 0 Å². The van der Waals surface area contributed by atoms with Crippen LogP contribution in [0.2, 0.25) is 0 Å². The van der Waals surface area contributed by atoms with Crippen LogP contribution in [0.15, 0.2) is 17.8 Å². The van der Waals surface area contributed by atoms with Gasteiger partial charge in [0.05, 0.1) is 6.54 Å². The number of nitrogens with zero attached hydrogens (tertiary/aromatic N) is 2. The second kappa shape index (κ2) is 3.37. The summed E-state index contributed by atoms with van der Waals surface area (Å²) in [5.74, 6) is 1.07. The molecule has 0 radical (unpaired) electrons. The van der Waals surface area contributed by atoms with Gasteiger partial charge in [0.2, 0.25) is 0 Å². The van der Waals surface area contributed by atoms with Crippen LogP contribution in [-0.4, -0.2) is 37.4 Å². The van der Waals surface area contributed by atoms with Gasteiger partial charge >= 0.3 is 0 Å². The van der Waals surface area contributed by atoms with E-state index in [4.69, 9.17) is 0 Å². The highest BCUT2D eigenvalue weighted by molar-refractivity contribution is 5.85. The van der Waals surface area contributed by atoms with Gasteiger partial charge in [0.15, 0.2) is 0 Å². The summed E-state index contributed by atoms with van der Waals surface area (Å²) in [6, 6.07) is 0. The molecular weight excluding hydrogens is 126 g/mol. The first-order valence-corrected chi connectivity index (χ1v) is 3.44. The Labute approximate surface area is 61.4 Å². The molecule has 1 N–H and O–H groups in total. The van der Waals surface area contributed by atoms with Gasteiger partial charge in [-0.15, -0.1) is 0 Å². The number of nitrogens with one attached hydrogen (secondary N) is 1. The van der Waals surface area contributed by atoms with Gasteiger partial charge in [-0.3, -0.25) is 4.99 Å². The van der Waals surface area contributed by atoms with Crippen LogP contribution in [0.25, 0.3) is 0 Å². The van der Waals surface area contributed by atoms with Gasteiger partial charge in [0, 0.05) is 20.1 Å². The summed E-state index contributed by atoms with van der Waals surface area (Å²) in [7, 11) is 1.80. The number of hydrogen-bond acceptors (Lipinski definition) is 2. The molecule has 0 aromatic rings. The molecule has 0 aliphatic carbocycles. The fraction of sp³-hybridized carbons (Fsp3) is 0.571. The zero-order chi connectivity index (χ0) is 7.40. The van der Waals surface area contributed by atoms with Crippen LogP contribution in [0.5, 0.6) is 0 Å². The monoisotopic (exact) mass is 139 g/mol. The number of amidine groups is 1. The average molecular weight is 139 g/mol. The van der Waals surface area contributed by atoms with Gasteiger partial charge in [0.1, 0.15) is 5.84 Å². The van der Waals surface area contributed by atoms with Crippen LogP contribution in [0.3, 0.4) is 0 Å². The third-order valence-corrected chi connectivity index (χ3v) is 1.62. The Kier molecular flexibility index (Phi) is 2.45. The van der Waals surface area contributed by atoms with E-state index in [1.165, 1.54) is 0 Å². The largest absolute Gasteiger partial charge is 0.335 e. The third kappa shape index (κ3) is 1.36. The first kappa shape index (κ1) is 7.28. The molecule has 0 aromatic heterocycles. The Morgan fingerprint density at radius 3 is 3.10 bits per heavy atom. The normalized spacial score (nSPS) is 23.3. The Morgan fingerprint density at radius 1 is 1.80 bits per heavy atom. The Morgan fingerprint density at radius 2 is 2.60 bits per heavy atom. The van der Waals surface area contributed by atoms with Crippen LogP contribution in [0, 0.1) is 0 Å². The molecule has 0 unspecified atom stereocenters. The van der Waals surface area contributed by atoms with E-state index < -0.39 is 0 Å². The fourth-order valence-corrected chi connectivity index (χ4v) is 1.03. The lowest BCUT2D eigenvalue weighted by Crippen LogP contribution is -2.45. The van der Waals surface area contributed by atoms with Gasteiger partial charge < -0.3 is 10.2 Å². The lowest BCUT2D eigenvalue weighted by Gasteiger charge is -2.26. The molecule has 0 amide bonds. The lowest BCUT2D eigenvalue weighted by molar-refractivity contribution is 0.483. The molecule has 0 aromatic carbocycles. The zero-order valence-corrected chi connectivity index (χ0v) is 6.30. The van der Waals surface area contributed by atoms with Crippen molar-refractivity contribution in [3.8, 4) is 0 Å². The summed E-state index contributed by atoms with van der Waals surface area (Å²) in [5.41, 5.74) is 0. The molecule has 0 atom stereocenters. The van der Waals surface area contributed by atoms with Gasteiger partial charge in [-0.2, -0.15) is 0 Å². The van der Waals surface area contributed by atoms with Crippen molar-refractivity contribution < 1.29 is 0 Å². The van der Waals surface area contributed by atoms with Crippen LogP contribution in [-0.2, 0) is 0 Å². The molecular formula is C7H13N3. The lowest BCUT2D eigenvalue weighted by atomic mass is 10.3. The average Bonchev–Trinajstić information content (AvgIpc) is 2.04. The van der Waals surface area contributed by atoms with Crippen LogP contribution < -0.4 is 5.32 Å². The maximum atomic E-state index is 4.11. The molecule has 0 bridgehead atoms. The van der Waals surface area contributed by atoms with E-state index in [-0.39, 0.29) is 0 Å². The summed E-state index contributed by atoms with van der Waals surface area (Å²) >= 11 is 0. The first-order chi connectivity index (χ1) is 4.88. The predicted molar refractivity (Wildman–Crippen MR) is 43.1 cm³/mol. The summed E-state index contributed by atoms with van der Waals surface area (Å²) in [4.78, 5) is 6.17. The second-order valence-corrected chi connectivity index (χ2v) is 2.19. The molecule has 3 heteroatoms. The van der Waals surface area contributed by atoms with Crippen molar-refractivity contribution in [1.29, 1.82) is 0 Å². The summed E-state index contributed by atoms with van der Waals surface area (Å²) in [6.45, 7) is 6.56. The molecule has 3 nitrogen and oxygen atoms in total. The zero-order valence-electron chi connectivity index (χ0n) is 6.30. The molecule has 10 heavy (non-hydrogen) atoms. The Bertz CT molecular complexity index is 151. The van der Waals surface area contributed by atoms with E-state index in [1.807, 2.05) is 6.20 Å². The van der Waals surface area contributed by atoms with Crippen molar-refractivity contribution in [2.45, 2.75) is 0 Å². The van der Waals surface area contributed by atoms with E-state index >= 15 is 0 Å². The molecule has 1 aliphatic heterocycles. The van der Waals surface area contributed by atoms with Gasteiger partial charge in [-0.05, 0) is 6.20 Å².